The quantitative estimate of drug-likeness (QED) is 0.718. The topological polar surface area (TPSA) is 35.0 Å². The highest BCUT2D eigenvalue weighted by Crippen LogP contribution is 2.16. The third-order valence-corrected chi connectivity index (χ3v) is 2.91. The second-order valence-electron chi connectivity index (χ2n) is 4.38. The minimum absolute atomic E-state index is 0.523. The number of benzene rings is 2. The molecule has 0 saturated heterocycles. The summed E-state index contributed by atoms with van der Waals surface area (Å²) in [4.78, 5) is 8.65. The summed E-state index contributed by atoms with van der Waals surface area (Å²) in [5.41, 5.74) is 2.13. The van der Waals surface area contributed by atoms with Crippen LogP contribution in [0.5, 0.6) is 5.75 Å². The highest BCUT2D eigenvalue weighted by Gasteiger charge is 2.01. The fourth-order valence-corrected chi connectivity index (χ4v) is 1.87. The third-order valence-electron chi connectivity index (χ3n) is 2.91. The summed E-state index contributed by atoms with van der Waals surface area (Å²) in [6.07, 6.45) is 3.41. The molecule has 0 fully saturated rings. The zero-order chi connectivity index (χ0) is 13.6. The van der Waals surface area contributed by atoms with Crippen molar-refractivity contribution in [1.29, 1.82) is 0 Å². The standard InChI is InChI=1S/C17H14N2O/c1-3-7-14(8-4-1)13-20-16-11-18-17(19-12-16)15-9-5-2-6-10-15/h1-12H,13H2. The first-order chi connectivity index (χ1) is 9.92. The number of aromatic nitrogens is 2. The van der Waals surface area contributed by atoms with E-state index in [2.05, 4.69) is 9.97 Å². The Morgan fingerprint density at radius 2 is 1.35 bits per heavy atom. The van der Waals surface area contributed by atoms with Crippen LogP contribution in [-0.2, 0) is 6.61 Å². The van der Waals surface area contributed by atoms with Crippen LogP contribution in [0.4, 0.5) is 0 Å². The van der Waals surface area contributed by atoms with Crippen molar-refractivity contribution < 1.29 is 4.74 Å². The molecule has 1 aromatic heterocycles. The van der Waals surface area contributed by atoms with E-state index in [0.717, 1.165) is 11.1 Å². The number of ether oxygens (including phenoxy) is 1. The normalized spacial score (nSPS) is 10.2. The summed E-state index contributed by atoms with van der Waals surface area (Å²) in [6.45, 7) is 0.523. The van der Waals surface area contributed by atoms with Crippen LogP contribution in [0.25, 0.3) is 11.4 Å². The molecule has 0 unspecified atom stereocenters. The predicted molar refractivity (Wildman–Crippen MR) is 78.2 cm³/mol. The molecule has 0 aliphatic heterocycles. The van der Waals surface area contributed by atoms with Crippen LogP contribution in [0, 0.1) is 0 Å². The maximum absolute atomic E-state index is 5.66. The van der Waals surface area contributed by atoms with Gasteiger partial charge in [-0.05, 0) is 5.56 Å². The summed E-state index contributed by atoms with van der Waals surface area (Å²) < 4.78 is 5.66. The Morgan fingerprint density at radius 1 is 0.750 bits per heavy atom. The predicted octanol–water partition coefficient (Wildman–Crippen LogP) is 3.72. The van der Waals surface area contributed by atoms with Crippen LogP contribution in [0.2, 0.25) is 0 Å². The van der Waals surface area contributed by atoms with Gasteiger partial charge in [0.15, 0.2) is 11.6 Å². The fourth-order valence-electron chi connectivity index (χ4n) is 1.87. The molecule has 0 atom stereocenters. The molecule has 3 heteroatoms. The van der Waals surface area contributed by atoms with Crippen LogP contribution in [0.3, 0.4) is 0 Å². The molecule has 3 rings (SSSR count). The zero-order valence-electron chi connectivity index (χ0n) is 10.9. The Hall–Kier alpha value is -2.68. The highest BCUT2D eigenvalue weighted by atomic mass is 16.5. The average Bonchev–Trinajstić information content (AvgIpc) is 2.55. The zero-order valence-corrected chi connectivity index (χ0v) is 10.9. The summed E-state index contributed by atoms with van der Waals surface area (Å²) in [5.74, 6) is 1.38. The van der Waals surface area contributed by atoms with Crippen molar-refractivity contribution in [3.63, 3.8) is 0 Å². The van der Waals surface area contributed by atoms with Crippen LogP contribution in [0.1, 0.15) is 5.56 Å². The van der Waals surface area contributed by atoms with Gasteiger partial charge in [0, 0.05) is 5.56 Å². The minimum Gasteiger partial charge on any atom is -0.486 e. The van der Waals surface area contributed by atoms with Crippen molar-refractivity contribution in [2.45, 2.75) is 6.61 Å². The lowest BCUT2D eigenvalue weighted by molar-refractivity contribution is 0.303. The number of rotatable bonds is 4. The Labute approximate surface area is 117 Å². The lowest BCUT2D eigenvalue weighted by Crippen LogP contribution is -1.97. The molecule has 0 bridgehead atoms. The molecule has 20 heavy (non-hydrogen) atoms. The highest BCUT2D eigenvalue weighted by molar-refractivity contribution is 5.54. The number of nitrogens with zero attached hydrogens (tertiary/aromatic N) is 2. The molecule has 1 heterocycles. The maximum atomic E-state index is 5.66. The summed E-state index contributed by atoms with van der Waals surface area (Å²) in [5, 5.41) is 0. The molecule has 0 spiro atoms. The molecule has 0 saturated carbocycles. The van der Waals surface area contributed by atoms with Crippen molar-refractivity contribution in [3.8, 4) is 17.1 Å². The first-order valence-corrected chi connectivity index (χ1v) is 6.46. The SMILES string of the molecule is c1ccc(COc2cnc(-c3ccccc3)nc2)cc1. The molecule has 0 aliphatic rings. The van der Waals surface area contributed by atoms with E-state index in [1.807, 2.05) is 60.7 Å². The lowest BCUT2D eigenvalue weighted by atomic mass is 10.2. The first-order valence-electron chi connectivity index (χ1n) is 6.46. The van der Waals surface area contributed by atoms with Crippen LogP contribution in [-0.4, -0.2) is 9.97 Å². The van der Waals surface area contributed by atoms with Crippen LogP contribution < -0.4 is 4.74 Å². The van der Waals surface area contributed by atoms with Crippen molar-refractivity contribution >= 4 is 0 Å². The lowest BCUT2D eigenvalue weighted by Gasteiger charge is -2.06. The van der Waals surface area contributed by atoms with E-state index in [4.69, 9.17) is 4.74 Å². The van der Waals surface area contributed by atoms with Crippen molar-refractivity contribution in [2.75, 3.05) is 0 Å². The molecule has 0 radical (unpaired) electrons. The van der Waals surface area contributed by atoms with E-state index in [9.17, 15) is 0 Å². The molecule has 0 aliphatic carbocycles. The van der Waals surface area contributed by atoms with Gasteiger partial charge in [0.2, 0.25) is 0 Å². The second-order valence-corrected chi connectivity index (χ2v) is 4.38. The van der Waals surface area contributed by atoms with Gasteiger partial charge in [-0.25, -0.2) is 9.97 Å². The Morgan fingerprint density at radius 3 is 2.00 bits per heavy atom. The molecule has 2 aromatic carbocycles. The van der Waals surface area contributed by atoms with E-state index >= 15 is 0 Å². The van der Waals surface area contributed by atoms with Gasteiger partial charge in [-0.2, -0.15) is 0 Å². The average molecular weight is 262 g/mol. The Balaban J connectivity index is 1.68. The Bertz CT molecular complexity index is 652. The largest absolute Gasteiger partial charge is 0.486 e. The van der Waals surface area contributed by atoms with E-state index < -0.39 is 0 Å². The molecule has 3 aromatic rings. The van der Waals surface area contributed by atoms with E-state index in [0.29, 0.717) is 18.2 Å². The molecule has 98 valence electrons. The molecular weight excluding hydrogens is 248 g/mol. The number of hydrogen-bond donors (Lipinski definition) is 0. The summed E-state index contributed by atoms with van der Waals surface area (Å²) in [6, 6.07) is 19.9. The third kappa shape index (κ3) is 3.01. The fraction of sp³-hybridized carbons (Fsp3) is 0.0588. The van der Waals surface area contributed by atoms with E-state index in [1.54, 1.807) is 12.4 Å². The molecular formula is C17H14N2O. The van der Waals surface area contributed by atoms with Gasteiger partial charge < -0.3 is 4.74 Å². The maximum Gasteiger partial charge on any atom is 0.159 e. The first kappa shape index (κ1) is 12.4. The second kappa shape index (κ2) is 5.97. The van der Waals surface area contributed by atoms with Gasteiger partial charge >= 0.3 is 0 Å². The molecule has 3 nitrogen and oxygen atoms in total. The van der Waals surface area contributed by atoms with Gasteiger partial charge in [-0.1, -0.05) is 60.7 Å². The Kier molecular flexibility index (Phi) is 3.69. The van der Waals surface area contributed by atoms with Gasteiger partial charge in [0.25, 0.3) is 0 Å². The van der Waals surface area contributed by atoms with E-state index in [1.165, 1.54) is 0 Å². The summed E-state index contributed by atoms with van der Waals surface area (Å²) in [7, 11) is 0. The number of hydrogen-bond acceptors (Lipinski definition) is 3. The van der Waals surface area contributed by atoms with E-state index in [-0.39, 0.29) is 0 Å². The van der Waals surface area contributed by atoms with Crippen LogP contribution >= 0.6 is 0 Å². The molecule has 0 N–H and O–H groups in total. The minimum atomic E-state index is 0.523. The van der Waals surface area contributed by atoms with Crippen molar-refractivity contribution in [1.82, 2.24) is 9.97 Å². The van der Waals surface area contributed by atoms with Gasteiger partial charge in [0.05, 0.1) is 12.4 Å². The van der Waals surface area contributed by atoms with Crippen molar-refractivity contribution in [3.05, 3.63) is 78.6 Å². The van der Waals surface area contributed by atoms with Gasteiger partial charge in [-0.15, -0.1) is 0 Å². The van der Waals surface area contributed by atoms with Gasteiger partial charge in [0.1, 0.15) is 6.61 Å². The van der Waals surface area contributed by atoms with Gasteiger partial charge in [-0.3, -0.25) is 0 Å². The van der Waals surface area contributed by atoms with Crippen LogP contribution in [0.15, 0.2) is 73.1 Å². The monoisotopic (exact) mass is 262 g/mol. The smallest absolute Gasteiger partial charge is 0.159 e. The molecule has 0 amide bonds. The van der Waals surface area contributed by atoms with Crippen molar-refractivity contribution in [2.24, 2.45) is 0 Å². The summed E-state index contributed by atoms with van der Waals surface area (Å²) >= 11 is 0.